The highest BCUT2D eigenvalue weighted by molar-refractivity contribution is 7.04. The molecule has 0 saturated heterocycles. The predicted molar refractivity (Wildman–Crippen MR) is 44.0 cm³/mol. The minimum absolute atomic E-state index is 0.763. The second-order valence-corrected chi connectivity index (χ2v) is 2.73. The summed E-state index contributed by atoms with van der Waals surface area (Å²) in [5.41, 5.74) is 7.33. The van der Waals surface area contributed by atoms with Crippen molar-refractivity contribution < 1.29 is 0 Å². The third-order valence-corrected chi connectivity index (χ3v) is 2.07. The zero-order chi connectivity index (χ0) is 6.97. The SMILES string of the molecule is Nc1cccc2csnc12. The first-order valence-corrected chi connectivity index (χ1v) is 3.80. The van der Waals surface area contributed by atoms with Gasteiger partial charge in [0.2, 0.25) is 0 Å². The molecule has 0 fully saturated rings. The molecule has 0 amide bonds. The van der Waals surface area contributed by atoms with Crippen LogP contribution in [-0.2, 0) is 0 Å². The molecule has 1 heterocycles. The standard InChI is InChI=1S/C7H6N2S/c8-6-3-1-2-5-4-10-9-7(5)6/h1-4H,8H2. The Labute approximate surface area is 62.5 Å². The van der Waals surface area contributed by atoms with E-state index < -0.39 is 0 Å². The van der Waals surface area contributed by atoms with Crippen LogP contribution in [0, 0.1) is 0 Å². The fraction of sp³-hybridized carbons (Fsp3) is 0. The predicted octanol–water partition coefficient (Wildman–Crippen LogP) is 1.88. The summed E-state index contributed by atoms with van der Waals surface area (Å²) in [5, 5.41) is 3.12. The average Bonchev–Trinajstić information content (AvgIpc) is 2.36. The number of nitrogens with zero attached hydrogens (tertiary/aromatic N) is 1. The number of rotatable bonds is 0. The van der Waals surface area contributed by atoms with Crippen molar-refractivity contribution in [2.75, 3.05) is 5.73 Å². The van der Waals surface area contributed by atoms with Crippen LogP contribution in [-0.4, -0.2) is 4.37 Å². The van der Waals surface area contributed by atoms with E-state index in [0.29, 0.717) is 0 Å². The molecule has 2 rings (SSSR count). The Hall–Kier alpha value is -1.09. The molecule has 50 valence electrons. The lowest BCUT2D eigenvalue weighted by molar-refractivity contribution is 1.65. The largest absolute Gasteiger partial charge is 0.397 e. The van der Waals surface area contributed by atoms with Crippen molar-refractivity contribution in [1.82, 2.24) is 4.37 Å². The molecule has 0 radical (unpaired) electrons. The van der Waals surface area contributed by atoms with E-state index in [1.54, 1.807) is 0 Å². The Morgan fingerprint density at radius 1 is 1.40 bits per heavy atom. The third-order valence-electron chi connectivity index (χ3n) is 1.42. The van der Waals surface area contributed by atoms with Crippen molar-refractivity contribution in [3.8, 4) is 0 Å². The van der Waals surface area contributed by atoms with E-state index in [4.69, 9.17) is 5.73 Å². The maximum absolute atomic E-state index is 5.64. The molecule has 2 nitrogen and oxygen atoms in total. The van der Waals surface area contributed by atoms with Gasteiger partial charge in [0.25, 0.3) is 0 Å². The molecule has 0 atom stereocenters. The number of anilines is 1. The Morgan fingerprint density at radius 2 is 2.30 bits per heavy atom. The molecule has 10 heavy (non-hydrogen) atoms. The Morgan fingerprint density at radius 3 is 3.10 bits per heavy atom. The molecular formula is C7H6N2S. The van der Waals surface area contributed by atoms with Gasteiger partial charge in [-0.1, -0.05) is 12.1 Å². The van der Waals surface area contributed by atoms with Crippen LogP contribution < -0.4 is 5.73 Å². The fourth-order valence-corrected chi connectivity index (χ4v) is 1.59. The molecule has 2 N–H and O–H groups in total. The highest BCUT2D eigenvalue weighted by Gasteiger charge is 1.96. The minimum Gasteiger partial charge on any atom is -0.397 e. The van der Waals surface area contributed by atoms with Crippen LogP contribution in [0.4, 0.5) is 5.69 Å². The van der Waals surface area contributed by atoms with Crippen LogP contribution in [0.5, 0.6) is 0 Å². The topological polar surface area (TPSA) is 38.9 Å². The van der Waals surface area contributed by atoms with E-state index in [-0.39, 0.29) is 0 Å². The Kier molecular flexibility index (Phi) is 1.11. The van der Waals surface area contributed by atoms with Gasteiger partial charge in [0.1, 0.15) is 5.52 Å². The Balaban J connectivity index is 2.95. The highest BCUT2D eigenvalue weighted by atomic mass is 32.1. The van der Waals surface area contributed by atoms with Gasteiger partial charge in [0.15, 0.2) is 0 Å². The van der Waals surface area contributed by atoms with Gasteiger partial charge >= 0.3 is 0 Å². The number of nitrogens with two attached hydrogens (primary N) is 1. The summed E-state index contributed by atoms with van der Waals surface area (Å²) in [6, 6.07) is 5.81. The summed E-state index contributed by atoms with van der Waals surface area (Å²) >= 11 is 1.44. The zero-order valence-electron chi connectivity index (χ0n) is 5.24. The van der Waals surface area contributed by atoms with Crippen molar-refractivity contribution in [2.45, 2.75) is 0 Å². The van der Waals surface area contributed by atoms with Crippen molar-refractivity contribution >= 4 is 28.1 Å². The van der Waals surface area contributed by atoms with E-state index in [2.05, 4.69) is 4.37 Å². The normalized spacial score (nSPS) is 10.4. The molecular weight excluding hydrogens is 144 g/mol. The smallest absolute Gasteiger partial charge is 0.107 e. The number of aromatic nitrogens is 1. The molecule has 0 spiro atoms. The summed E-state index contributed by atoms with van der Waals surface area (Å²) in [7, 11) is 0. The fourth-order valence-electron chi connectivity index (χ4n) is 0.916. The lowest BCUT2D eigenvalue weighted by atomic mass is 10.2. The lowest BCUT2D eigenvalue weighted by Gasteiger charge is -1.90. The van der Waals surface area contributed by atoms with Crippen LogP contribution >= 0.6 is 11.5 Å². The second-order valence-electron chi connectivity index (χ2n) is 2.10. The molecule has 0 aliphatic heterocycles. The van der Waals surface area contributed by atoms with E-state index in [0.717, 1.165) is 16.6 Å². The summed E-state index contributed by atoms with van der Waals surface area (Å²) in [6.07, 6.45) is 0. The zero-order valence-corrected chi connectivity index (χ0v) is 6.06. The number of fused-ring (bicyclic) bond motifs is 1. The van der Waals surface area contributed by atoms with Crippen LogP contribution in [0.3, 0.4) is 0 Å². The van der Waals surface area contributed by atoms with Crippen LogP contribution in [0.15, 0.2) is 23.6 Å². The second kappa shape index (κ2) is 1.95. The maximum Gasteiger partial charge on any atom is 0.107 e. The van der Waals surface area contributed by atoms with Gasteiger partial charge in [-0.25, -0.2) is 0 Å². The average molecular weight is 150 g/mol. The van der Waals surface area contributed by atoms with Gasteiger partial charge in [-0.05, 0) is 17.6 Å². The summed E-state index contributed by atoms with van der Waals surface area (Å²) in [6.45, 7) is 0. The molecule has 0 aliphatic rings. The molecule has 2 aromatic rings. The van der Waals surface area contributed by atoms with E-state index in [1.165, 1.54) is 11.5 Å². The van der Waals surface area contributed by atoms with Crippen LogP contribution in [0.2, 0.25) is 0 Å². The first kappa shape index (κ1) is 5.68. The summed E-state index contributed by atoms with van der Waals surface area (Å²) < 4.78 is 4.13. The summed E-state index contributed by atoms with van der Waals surface area (Å²) in [4.78, 5) is 0. The molecule has 0 aliphatic carbocycles. The van der Waals surface area contributed by atoms with Gasteiger partial charge in [-0.3, -0.25) is 0 Å². The molecule has 0 saturated carbocycles. The number of nitrogen functional groups attached to an aromatic ring is 1. The van der Waals surface area contributed by atoms with Gasteiger partial charge in [-0.2, -0.15) is 4.37 Å². The van der Waals surface area contributed by atoms with Gasteiger partial charge in [0, 0.05) is 10.8 Å². The van der Waals surface area contributed by atoms with E-state index in [9.17, 15) is 0 Å². The monoisotopic (exact) mass is 150 g/mol. The number of hydrogen-bond donors (Lipinski definition) is 1. The number of hydrogen-bond acceptors (Lipinski definition) is 3. The van der Waals surface area contributed by atoms with Crippen molar-refractivity contribution in [1.29, 1.82) is 0 Å². The molecule has 1 aromatic heterocycles. The van der Waals surface area contributed by atoms with Crippen molar-refractivity contribution in [3.63, 3.8) is 0 Å². The molecule has 1 aromatic carbocycles. The van der Waals surface area contributed by atoms with Crippen molar-refractivity contribution in [3.05, 3.63) is 23.6 Å². The highest BCUT2D eigenvalue weighted by Crippen LogP contribution is 2.20. The first-order valence-electron chi connectivity index (χ1n) is 2.96. The lowest BCUT2D eigenvalue weighted by Crippen LogP contribution is -1.83. The van der Waals surface area contributed by atoms with E-state index in [1.807, 2.05) is 23.6 Å². The summed E-state index contributed by atoms with van der Waals surface area (Å²) in [5.74, 6) is 0. The van der Waals surface area contributed by atoms with Gasteiger partial charge in [-0.15, -0.1) is 0 Å². The maximum atomic E-state index is 5.64. The number of benzene rings is 1. The molecule has 0 bridgehead atoms. The Bertz CT molecular complexity index is 353. The molecule has 3 heteroatoms. The minimum atomic E-state index is 0.763. The molecule has 0 unspecified atom stereocenters. The van der Waals surface area contributed by atoms with Gasteiger partial charge < -0.3 is 5.73 Å². The third kappa shape index (κ3) is 0.675. The first-order chi connectivity index (χ1) is 4.88. The van der Waals surface area contributed by atoms with E-state index >= 15 is 0 Å². The quantitative estimate of drug-likeness (QED) is 0.582. The van der Waals surface area contributed by atoms with Crippen LogP contribution in [0.25, 0.3) is 10.9 Å². The van der Waals surface area contributed by atoms with Crippen molar-refractivity contribution in [2.24, 2.45) is 0 Å². The van der Waals surface area contributed by atoms with Gasteiger partial charge in [0.05, 0.1) is 5.69 Å². The van der Waals surface area contributed by atoms with Crippen LogP contribution in [0.1, 0.15) is 0 Å².